The van der Waals surface area contributed by atoms with Crippen LogP contribution < -0.4 is 0 Å². The quantitative estimate of drug-likeness (QED) is 0.700. The van der Waals surface area contributed by atoms with Crippen molar-refractivity contribution in [3.8, 4) is 0 Å². The minimum atomic E-state index is -4.24. The summed E-state index contributed by atoms with van der Waals surface area (Å²) in [5.74, 6) is -2.35. The number of rotatable bonds is 2. The number of hydrogen-bond acceptors (Lipinski definition) is 1. The maximum atomic E-state index is 13.0. The van der Waals surface area contributed by atoms with Crippen molar-refractivity contribution in [2.75, 3.05) is 13.1 Å². The van der Waals surface area contributed by atoms with Gasteiger partial charge in [0.2, 0.25) is 5.91 Å². The van der Waals surface area contributed by atoms with Crippen LogP contribution >= 0.6 is 0 Å². The van der Waals surface area contributed by atoms with Crippen LogP contribution in [-0.4, -0.2) is 30.1 Å². The Bertz CT molecular complexity index is 330. The first-order chi connectivity index (χ1) is 8.04. The molecule has 0 N–H and O–H groups in total. The molecule has 0 saturated carbocycles. The first-order valence-electron chi connectivity index (χ1n) is 6.02. The Balaban J connectivity index is 2.85. The third-order valence-electron chi connectivity index (χ3n) is 3.22. The third kappa shape index (κ3) is 3.75. The second-order valence-electron chi connectivity index (χ2n) is 6.12. The highest BCUT2D eigenvalue weighted by molar-refractivity contribution is 5.87. The maximum Gasteiger partial charge on any atom is 0.393 e. The van der Waals surface area contributed by atoms with Crippen LogP contribution in [0.15, 0.2) is 12.7 Å². The van der Waals surface area contributed by atoms with Crippen LogP contribution in [0.2, 0.25) is 0 Å². The van der Waals surface area contributed by atoms with E-state index in [0.717, 1.165) is 6.08 Å². The smallest absolute Gasteiger partial charge is 0.338 e. The van der Waals surface area contributed by atoms with Crippen molar-refractivity contribution in [2.45, 2.75) is 33.4 Å². The van der Waals surface area contributed by atoms with E-state index in [1.54, 1.807) is 0 Å². The predicted octanol–water partition coefficient (Wildman–Crippen LogP) is 3.25. The van der Waals surface area contributed by atoms with Crippen LogP contribution in [-0.2, 0) is 4.79 Å². The second kappa shape index (κ2) is 4.94. The van der Waals surface area contributed by atoms with Gasteiger partial charge in [0.15, 0.2) is 0 Å². The topological polar surface area (TPSA) is 20.3 Å². The van der Waals surface area contributed by atoms with E-state index in [9.17, 15) is 18.0 Å². The zero-order valence-electron chi connectivity index (χ0n) is 11.0. The third-order valence-corrected chi connectivity index (χ3v) is 3.22. The molecule has 5 heteroatoms. The van der Waals surface area contributed by atoms with Gasteiger partial charge >= 0.3 is 6.18 Å². The van der Waals surface area contributed by atoms with Gasteiger partial charge in [0, 0.05) is 13.1 Å². The molecule has 1 aliphatic heterocycles. The minimum Gasteiger partial charge on any atom is -0.338 e. The highest BCUT2D eigenvalue weighted by Crippen LogP contribution is 2.42. The average Bonchev–Trinajstić information content (AvgIpc) is 2.57. The van der Waals surface area contributed by atoms with Gasteiger partial charge in [0.05, 0.1) is 5.92 Å². The molecule has 0 spiro atoms. The van der Waals surface area contributed by atoms with Gasteiger partial charge in [0.1, 0.15) is 0 Å². The summed E-state index contributed by atoms with van der Waals surface area (Å²) in [5, 5.41) is 0. The molecule has 1 amide bonds. The Morgan fingerprint density at radius 3 is 2.28 bits per heavy atom. The number of halogens is 3. The van der Waals surface area contributed by atoms with E-state index in [1.165, 1.54) is 4.90 Å². The van der Waals surface area contributed by atoms with Crippen molar-refractivity contribution in [2.24, 2.45) is 17.3 Å². The Morgan fingerprint density at radius 2 is 1.89 bits per heavy atom. The highest BCUT2D eigenvalue weighted by atomic mass is 19.4. The Kier molecular flexibility index (Phi) is 4.13. The van der Waals surface area contributed by atoms with Gasteiger partial charge in [-0.25, -0.2) is 0 Å². The van der Waals surface area contributed by atoms with Crippen LogP contribution in [0, 0.1) is 17.3 Å². The summed E-state index contributed by atoms with van der Waals surface area (Å²) >= 11 is 0. The second-order valence-corrected chi connectivity index (χ2v) is 6.12. The van der Waals surface area contributed by atoms with Gasteiger partial charge in [-0.05, 0) is 23.8 Å². The molecule has 1 rings (SSSR count). The first kappa shape index (κ1) is 15.1. The molecule has 2 atom stereocenters. The molecule has 1 heterocycles. The summed E-state index contributed by atoms with van der Waals surface area (Å²) in [6.07, 6.45) is -2.71. The molecule has 0 bridgehead atoms. The average molecular weight is 263 g/mol. The van der Waals surface area contributed by atoms with E-state index in [1.807, 2.05) is 20.8 Å². The van der Waals surface area contributed by atoms with E-state index in [-0.39, 0.29) is 18.5 Å². The largest absolute Gasteiger partial charge is 0.393 e. The molecule has 1 aliphatic rings. The van der Waals surface area contributed by atoms with Crippen LogP contribution in [0.3, 0.4) is 0 Å². The van der Waals surface area contributed by atoms with Gasteiger partial charge in [-0.2, -0.15) is 13.2 Å². The van der Waals surface area contributed by atoms with Crippen molar-refractivity contribution in [1.82, 2.24) is 4.90 Å². The fraction of sp³-hybridized carbons (Fsp3) is 0.769. The molecule has 0 radical (unpaired) electrons. The lowest BCUT2D eigenvalue weighted by Crippen LogP contribution is -2.32. The molecular weight excluding hydrogens is 243 g/mol. The Morgan fingerprint density at radius 1 is 1.33 bits per heavy atom. The molecule has 1 saturated heterocycles. The van der Waals surface area contributed by atoms with Crippen LogP contribution in [0.1, 0.15) is 27.2 Å². The lowest BCUT2D eigenvalue weighted by molar-refractivity contribution is -0.182. The monoisotopic (exact) mass is 263 g/mol. The molecule has 18 heavy (non-hydrogen) atoms. The molecule has 0 aromatic carbocycles. The van der Waals surface area contributed by atoms with Crippen molar-refractivity contribution < 1.29 is 18.0 Å². The first-order valence-corrected chi connectivity index (χ1v) is 6.02. The fourth-order valence-electron chi connectivity index (χ4n) is 2.54. The molecule has 1 unspecified atom stereocenters. The zero-order valence-corrected chi connectivity index (χ0v) is 11.0. The summed E-state index contributed by atoms with van der Waals surface area (Å²) in [4.78, 5) is 12.7. The molecule has 0 aliphatic carbocycles. The lowest BCUT2D eigenvalue weighted by Gasteiger charge is -2.27. The number of amides is 1. The van der Waals surface area contributed by atoms with Crippen LogP contribution in [0.25, 0.3) is 0 Å². The van der Waals surface area contributed by atoms with Crippen LogP contribution in [0.5, 0.6) is 0 Å². The van der Waals surface area contributed by atoms with E-state index in [2.05, 4.69) is 6.58 Å². The minimum absolute atomic E-state index is 0.173. The van der Waals surface area contributed by atoms with Crippen molar-refractivity contribution in [3.63, 3.8) is 0 Å². The van der Waals surface area contributed by atoms with Gasteiger partial charge in [-0.15, -0.1) is 0 Å². The van der Waals surface area contributed by atoms with Gasteiger partial charge in [0.25, 0.3) is 0 Å². The SMILES string of the molecule is C=CC(=O)N1CC(CC(C)(C)C)[C@H](C(F)(F)F)C1. The van der Waals surface area contributed by atoms with Crippen molar-refractivity contribution in [3.05, 3.63) is 12.7 Å². The van der Waals surface area contributed by atoms with Gasteiger partial charge in [-0.3, -0.25) is 4.79 Å². The number of nitrogens with zero attached hydrogens (tertiary/aromatic N) is 1. The lowest BCUT2D eigenvalue weighted by atomic mass is 9.80. The Hall–Kier alpha value is -1.00. The summed E-state index contributed by atoms with van der Waals surface area (Å²) in [5.41, 5.74) is -0.179. The molecular formula is C13H20F3NO. The van der Waals surface area contributed by atoms with Gasteiger partial charge in [-0.1, -0.05) is 27.4 Å². The number of carbonyl (C=O) groups is 1. The number of likely N-dealkylation sites (tertiary alicyclic amines) is 1. The van der Waals surface area contributed by atoms with Gasteiger partial charge < -0.3 is 4.90 Å². The molecule has 2 nitrogen and oxygen atoms in total. The molecule has 104 valence electrons. The van der Waals surface area contributed by atoms with E-state index >= 15 is 0 Å². The summed E-state index contributed by atoms with van der Waals surface area (Å²) in [6.45, 7) is 9.00. The molecule has 1 fully saturated rings. The standard InChI is InChI=1S/C13H20F3NO/c1-5-11(18)17-7-9(6-12(2,3)4)10(8-17)13(14,15)16/h5,9-10H,1,6-8H2,2-4H3/t9?,10-/m1/s1. The van der Waals surface area contributed by atoms with E-state index in [0.29, 0.717) is 6.42 Å². The zero-order chi connectivity index (χ0) is 14.1. The number of carbonyl (C=O) groups excluding carboxylic acids is 1. The van der Waals surface area contributed by atoms with E-state index in [4.69, 9.17) is 0 Å². The molecule has 0 aromatic rings. The summed E-state index contributed by atoms with van der Waals surface area (Å²) in [7, 11) is 0. The Labute approximate surface area is 106 Å². The van der Waals surface area contributed by atoms with Crippen molar-refractivity contribution >= 4 is 5.91 Å². The number of alkyl halides is 3. The normalized spacial score (nSPS) is 25.3. The van der Waals surface area contributed by atoms with Crippen molar-refractivity contribution in [1.29, 1.82) is 0 Å². The summed E-state index contributed by atoms with van der Waals surface area (Å²) in [6, 6.07) is 0. The molecule has 0 aromatic heterocycles. The highest BCUT2D eigenvalue weighted by Gasteiger charge is 2.50. The summed E-state index contributed by atoms with van der Waals surface area (Å²) < 4.78 is 38.9. The number of hydrogen-bond donors (Lipinski definition) is 0. The predicted molar refractivity (Wildman–Crippen MR) is 63.9 cm³/mol. The van der Waals surface area contributed by atoms with Crippen LogP contribution in [0.4, 0.5) is 13.2 Å². The van der Waals surface area contributed by atoms with E-state index < -0.39 is 23.9 Å². The maximum absolute atomic E-state index is 13.0. The fourth-order valence-corrected chi connectivity index (χ4v) is 2.54.